The summed E-state index contributed by atoms with van der Waals surface area (Å²) in [5, 5.41) is 0. The van der Waals surface area contributed by atoms with Crippen LogP contribution in [0.15, 0.2) is 15.8 Å². The van der Waals surface area contributed by atoms with Gasteiger partial charge in [-0.1, -0.05) is 0 Å². The molecule has 0 saturated heterocycles. The molecule has 0 amide bonds. The summed E-state index contributed by atoms with van der Waals surface area (Å²) in [6, 6.07) is 0. The van der Waals surface area contributed by atoms with E-state index in [2.05, 4.69) is 4.98 Å². The van der Waals surface area contributed by atoms with E-state index < -0.39 is 11.2 Å². The van der Waals surface area contributed by atoms with Crippen molar-refractivity contribution in [2.24, 2.45) is 0 Å². The Labute approximate surface area is 92.5 Å². The number of Topliss-reactive ketones (excluding diaryl/α,β-unsaturated/α-hetero) is 1. The van der Waals surface area contributed by atoms with Gasteiger partial charge >= 0.3 is 5.69 Å². The molecule has 0 saturated carbocycles. The highest BCUT2D eigenvalue weighted by atomic mass is 16.2. The second-order valence-electron chi connectivity index (χ2n) is 3.82. The zero-order chi connectivity index (χ0) is 12.3. The van der Waals surface area contributed by atoms with Crippen LogP contribution >= 0.6 is 0 Å². The first-order chi connectivity index (χ1) is 7.43. The number of aromatic nitrogens is 2. The first-order valence-corrected chi connectivity index (χ1v) is 4.91. The van der Waals surface area contributed by atoms with Crippen LogP contribution in [0, 0.1) is 0 Å². The number of hydrogen-bond donors (Lipinski definition) is 1. The standard InChI is InChI=1S/C10H15N3O3/c1-7(14)8-6-11-10(16)13(9(8)15)5-4-12(2)3/h6H,4-5H2,1-3H3,(H,11,16). The third-order valence-electron chi connectivity index (χ3n) is 2.21. The monoisotopic (exact) mass is 225 g/mol. The molecule has 0 unspecified atom stereocenters. The van der Waals surface area contributed by atoms with Crippen molar-refractivity contribution in [2.75, 3.05) is 20.6 Å². The Morgan fingerprint density at radius 3 is 2.56 bits per heavy atom. The van der Waals surface area contributed by atoms with E-state index in [4.69, 9.17) is 0 Å². The van der Waals surface area contributed by atoms with Gasteiger partial charge in [0.25, 0.3) is 5.56 Å². The number of aromatic amines is 1. The van der Waals surface area contributed by atoms with E-state index in [0.29, 0.717) is 6.54 Å². The summed E-state index contributed by atoms with van der Waals surface area (Å²) >= 11 is 0. The molecule has 0 spiro atoms. The van der Waals surface area contributed by atoms with Gasteiger partial charge in [-0.25, -0.2) is 4.79 Å². The number of carbonyl (C=O) groups excluding carboxylic acids is 1. The molecule has 0 aromatic carbocycles. The molecule has 6 heteroatoms. The summed E-state index contributed by atoms with van der Waals surface area (Å²) in [6.07, 6.45) is 1.17. The van der Waals surface area contributed by atoms with Gasteiger partial charge in [-0.2, -0.15) is 0 Å². The van der Waals surface area contributed by atoms with Gasteiger partial charge in [0.1, 0.15) is 0 Å². The van der Waals surface area contributed by atoms with Crippen molar-refractivity contribution < 1.29 is 4.79 Å². The third kappa shape index (κ3) is 2.66. The van der Waals surface area contributed by atoms with E-state index >= 15 is 0 Å². The summed E-state index contributed by atoms with van der Waals surface area (Å²) in [5.74, 6) is -0.347. The first kappa shape index (κ1) is 12.4. The summed E-state index contributed by atoms with van der Waals surface area (Å²) in [6.45, 7) is 2.12. The highest BCUT2D eigenvalue weighted by molar-refractivity contribution is 5.93. The lowest BCUT2D eigenvalue weighted by Gasteiger charge is -2.10. The summed E-state index contributed by atoms with van der Waals surface area (Å²) in [7, 11) is 3.68. The van der Waals surface area contributed by atoms with Gasteiger partial charge in [0, 0.05) is 19.3 Å². The number of nitrogens with zero attached hydrogens (tertiary/aromatic N) is 2. The highest BCUT2D eigenvalue weighted by Gasteiger charge is 2.10. The Morgan fingerprint density at radius 2 is 2.06 bits per heavy atom. The largest absolute Gasteiger partial charge is 0.328 e. The van der Waals surface area contributed by atoms with Crippen LogP contribution in [0.5, 0.6) is 0 Å². The van der Waals surface area contributed by atoms with Crippen LogP contribution in [0.25, 0.3) is 0 Å². The third-order valence-corrected chi connectivity index (χ3v) is 2.21. The Kier molecular flexibility index (Phi) is 3.78. The number of hydrogen-bond acceptors (Lipinski definition) is 4. The molecular formula is C10H15N3O3. The van der Waals surface area contributed by atoms with Crippen molar-refractivity contribution in [3.8, 4) is 0 Å². The minimum atomic E-state index is -0.530. The summed E-state index contributed by atoms with van der Waals surface area (Å²) in [5.41, 5.74) is -1.01. The van der Waals surface area contributed by atoms with Crippen LogP contribution in [0.2, 0.25) is 0 Å². The Hall–Kier alpha value is -1.69. The fraction of sp³-hybridized carbons (Fsp3) is 0.500. The van der Waals surface area contributed by atoms with Crippen molar-refractivity contribution in [1.82, 2.24) is 14.5 Å². The smallest absolute Gasteiger partial charge is 0.313 e. The number of rotatable bonds is 4. The van der Waals surface area contributed by atoms with Crippen LogP contribution in [-0.2, 0) is 6.54 Å². The lowest BCUT2D eigenvalue weighted by molar-refractivity contribution is 0.101. The predicted molar refractivity (Wildman–Crippen MR) is 59.9 cm³/mol. The Balaban J connectivity index is 3.17. The van der Waals surface area contributed by atoms with Crippen molar-refractivity contribution in [3.05, 3.63) is 32.6 Å². The topological polar surface area (TPSA) is 75.2 Å². The minimum Gasteiger partial charge on any atom is -0.313 e. The van der Waals surface area contributed by atoms with Gasteiger partial charge in [-0.15, -0.1) is 0 Å². The maximum atomic E-state index is 11.7. The van der Waals surface area contributed by atoms with Gasteiger partial charge in [0.05, 0.1) is 5.56 Å². The zero-order valence-electron chi connectivity index (χ0n) is 9.61. The van der Waals surface area contributed by atoms with Crippen molar-refractivity contribution in [2.45, 2.75) is 13.5 Å². The molecule has 0 fully saturated rings. The molecule has 1 heterocycles. The molecule has 6 nitrogen and oxygen atoms in total. The lowest BCUT2D eigenvalue weighted by Crippen LogP contribution is -2.39. The molecule has 16 heavy (non-hydrogen) atoms. The fourth-order valence-corrected chi connectivity index (χ4v) is 1.27. The first-order valence-electron chi connectivity index (χ1n) is 4.91. The molecule has 0 radical (unpaired) electrons. The molecule has 0 atom stereocenters. The van der Waals surface area contributed by atoms with Crippen molar-refractivity contribution in [3.63, 3.8) is 0 Å². The fourth-order valence-electron chi connectivity index (χ4n) is 1.27. The van der Waals surface area contributed by atoms with E-state index in [1.807, 2.05) is 19.0 Å². The maximum absolute atomic E-state index is 11.7. The second-order valence-corrected chi connectivity index (χ2v) is 3.82. The van der Waals surface area contributed by atoms with E-state index in [0.717, 1.165) is 4.57 Å². The Bertz CT molecular complexity index is 499. The summed E-state index contributed by atoms with van der Waals surface area (Å²) in [4.78, 5) is 38.5. The van der Waals surface area contributed by atoms with Gasteiger partial charge in [0.15, 0.2) is 5.78 Å². The van der Waals surface area contributed by atoms with Crippen molar-refractivity contribution >= 4 is 5.78 Å². The zero-order valence-corrected chi connectivity index (χ0v) is 9.61. The van der Waals surface area contributed by atoms with Gasteiger partial charge in [-0.3, -0.25) is 14.2 Å². The molecular weight excluding hydrogens is 210 g/mol. The molecule has 0 aliphatic carbocycles. The average Bonchev–Trinajstić information content (AvgIpc) is 2.16. The maximum Gasteiger partial charge on any atom is 0.328 e. The number of likely N-dealkylation sites (N-methyl/N-ethyl adjacent to an activating group) is 1. The van der Waals surface area contributed by atoms with E-state index in [9.17, 15) is 14.4 Å². The number of nitrogens with one attached hydrogen (secondary N) is 1. The Morgan fingerprint density at radius 1 is 1.44 bits per heavy atom. The van der Waals surface area contributed by atoms with Crippen LogP contribution < -0.4 is 11.2 Å². The molecule has 1 rings (SSSR count). The van der Waals surface area contributed by atoms with Crippen LogP contribution in [0.4, 0.5) is 0 Å². The number of carbonyl (C=O) groups is 1. The normalized spacial score (nSPS) is 10.8. The predicted octanol–water partition coefficient (Wildman–Crippen LogP) is -0.699. The van der Waals surface area contributed by atoms with Crippen LogP contribution in [-0.4, -0.2) is 40.9 Å². The van der Waals surface area contributed by atoms with E-state index in [1.165, 1.54) is 13.1 Å². The van der Waals surface area contributed by atoms with Gasteiger partial charge in [-0.05, 0) is 21.0 Å². The molecule has 1 aromatic heterocycles. The highest BCUT2D eigenvalue weighted by Crippen LogP contribution is 1.88. The number of H-pyrrole nitrogens is 1. The van der Waals surface area contributed by atoms with Gasteiger partial charge < -0.3 is 9.88 Å². The lowest BCUT2D eigenvalue weighted by atomic mass is 10.2. The number of ketones is 1. The van der Waals surface area contributed by atoms with Crippen molar-refractivity contribution in [1.29, 1.82) is 0 Å². The molecule has 1 aromatic rings. The quantitative estimate of drug-likeness (QED) is 0.688. The second kappa shape index (κ2) is 4.89. The molecule has 88 valence electrons. The minimum absolute atomic E-state index is 0.0124. The molecule has 0 aliphatic heterocycles. The SMILES string of the molecule is CC(=O)c1c[nH]c(=O)n(CCN(C)C)c1=O. The summed E-state index contributed by atoms with van der Waals surface area (Å²) < 4.78 is 1.04. The van der Waals surface area contributed by atoms with Crippen LogP contribution in [0.1, 0.15) is 17.3 Å². The molecule has 0 bridgehead atoms. The van der Waals surface area contributed by atoms with Gasteiger partial charge in [0.2, 0.25) is 0 Å². The van der Waals surface area contributed by atoms with E-state index in [1.54, 1.807) is 0 Å². The molecule has 1 N–H and O–H groups in total. The molecule has 0 aliphatic rings. The van der Waals surface area contributed by atoms with E-state index in [-0.39, 0.29) is 17.9 Å². The van der Waals surface area contributed by atoms with Crippen LogP contribution in [0.3, 0.4) is 0 Å². The average molecular weight is 225 g/mol.